The van der Waals surface area contributed by atoms with Crippen LogP contribution in [0.1, 0.15) is 37.3 Å². The predicted molar refractivity (Wildman–Crippen MR) is 89.8 cm³/mol. The van der Waals surface area contributed by atoms with E-state index in [0.29, 0.717) is 24.5 Å². The number of piperidine rings is 1. The van der Waals surface area contributed by atoms with Crippen molar-refractivity contribution in [1.29, 1.82) is 0 Å². The summed E-state index contributed by atoms with van der Waals surface area (Å²) in [5, 5.41) is 8.56. The van der Waals surface area contributed by atoms with Gasteiger partial charge >= 0.3 is 0 Å². The molecule has 0 radical (unpaired) electrons. The molecule has 0 N–H and O–H groups in total. The van der Waals surface area contributed by atoms with Gasteiger partial charge in [-0.1, -0.05) is 28.1 Å². The van der Waals surface area contributed by atoms with Crippen molar-refractivity contribution in [2.45, 2.75) is 50.2 Å². The average molecular weight is 375 g/mol. The molecule has 2 aliphatic heterocycles. The van der Waals surface area contributed by atoms with Crippen LogP contribution in [0.2, 0.25) is 0 Å². The summed E-state index contributed by atoms with van der Waals surface area (Å²) in [6.45, 7) is 0. The van der Waals surface area contributed by atoms with E-state index in [2.05, 4.69) is 31.0 Å². The zero-order chi connectivity index (χ0) is 15.8. The Kier molecular flexibility index (Phi) is 3.93. The quantitative estimate of drug-likeness (QED) is 0.829. The van der Waals surface area contributed by atoms with Gasteiger partial charge in [-0.15, -0.1) is 0 Å². The van der Waals surface area contributed by atoms with Crippen LogP contribution in [0, 0.1) is 0 Å². The van der Waals surface area contributed by atoms with Gasteiger partial charge in [0.25, 0.3) is 0 Å². The van der Waals surface area contributed by atoms with E-state index in [-0.39, 0.29) is 5.91 Å². The van der Waals surface area contributed by atoms with Crippen LogP contribution in [0.25, 0.3) is 0 Å². The zero-order valence-corrected chi connectivity index (χ0v) is 14.4. The molecule has 6 heteroatoms. The number of rotatable bonds is 3. The van der Waals surface area contributed by atoms with E-state index in [1.165, 1.54) is 0 Å². The van der Waals surface area contributed by atoms with E-state index in [1.54, 1.807) is 12.4 Å². The van der Waals surface area contributed by atoms with Gasteiger partial charge in [0, 0.05) is 16.6 Å². The molecule has 0 aliphatic carbocycles. The second-order valence-electron chi connectivity index (χ2n) is 6.46. The zero-order valence-electron chi connectivity index (χ0n) is 12.8. The first-order valence-corrected chi connectivity index (χ1v) is 8.91. The Morgan fingerprint density at radius 3 is 2.26 bits per heavy atom. The van der Waals surface area contributed by atoms with Gasteiger partial charge in [0.2, 0.25) is 5.91 Å². The number of carbonyl (C=O) groups is 1. The van der Waals surface area contributed by atoms with Gasteiger partial charge in [-0.2, -0.15) is 15.0 Å². The van der Waals surface area contributed by atoms with Crippen molar-refractivity contribution < 1.29 is 4.79 Å². The molecule has 1 aromatic heterocycles. The smallest absolute Gasteiger partial charge is 0.227 e. The summed E-state index contributed by atoms with van der Waals surface area (Å²) >= 11 is 3.43. The van der Waals surface area contributed by atoms with Crippen LogP contribution in [0.3, 0.4) is 0 Å². The number of nitrogens with zero attached hydrogens (tertiary/aromatic N) is 4. The predicted octanol–water partition coefficient (Wildman–Crippen LogP) is 2.98. The van der Waals surface area contributed by atoms with E-state index in [9.17, 15) is 4.79 Å². The highest BCUT2D eigenvalue weighted by Gasteiger charge is 2.43. The molecule has 2 aliphatic rings. The molecule has 2 fully saturated rings. The summed E-state index contributed by atoms with van der Waals surface area (Å²) in [5.41, 5.74) is 1.08. The monoisotopic (exact) mass is 374 g/mol. The SMILES string of the molecule is O=C(Cc1ccc(Br)cc1)N1C2CCC1CC(n1nccn1)C2. The summed E-state index contributed by atoms with van der Waals surface area (Å²) in [6.07, 6.45) is 8.10. The Labute approximate surface area is 143 Å². The topological polar surface area (TPSA) is 51.0 Å². The third-order valence-corrected chi connectivity index (χ3v) is 5.56. The number of amides is 1. The highest BCUT2D eigenvalue weighted by Crippen LogP contribution is 2.40. The van der Waals surface area contributed by atoms with Gasteiger partial charge in [0.1, 0.15) is 0 Å². The highest BCUT2D eigenvalue weighted by atomic mass is 79.9. The van der Waals surface area contributed by atoms with Gasteiger partial charge in [-0.05, 0) is 43.4 Å². The lowest BCUT2D eigenvalue weighted by molar-refractivity contribution is -0.135. The summed E-state index contributed by atoms with van der Waals surface area (Å²) < 4.78 is 1.04. The van der Waals surface area contributed by atoms with E-state index in [1.807, 2.05) is 29.1 Å². The number of benzene rings is 1. The number of aromatic nitrogens is 3. The molecule has 0 saturated carbocycles. The average Bonchev–Trinajstić information content (AvgIpc) is 3.16. The Morgan fingerprint density at radius 2 is 1.65 bits per heavy atom. The number of hydrogen-bond acceptors (Lipinski definition) is 3. The minimum absolute atomic E-state index is 0.256. The van der Waals surface area contributed by atoms with Crippen molar-refractivity contribution in [2.75, 3.05) is 0 Å². The van der Waals surface area contributed by atoms with Gasteiger partial charge in [-0.3, -0.25) is 4.79 Å². The molecule has 2 aromatic rings. The normalized spacial score (nSPS) is 26.5. The van der Waals surface area contributed by atoms with Crippen LogP contribution >= 0.6 is 15.9 Å². The minimum atomic E-state index is 0.256. The van der Waals surface area contributed by atoms with Crippen LogP contribution in [0.15, 0.2) is 41.1 Å². The Bertz CT molecular complexity index is 671. The van der Waals surface area contributed by atoms with E-state index in [0.717, 1.165) is 35.7 Å². The maximum Gasteiger partial charge on any atom is 0.227 e. The van der Waals surface area contributed by atoms with Gasteiger partial charge in [-0.25, -0.2) is 0 Å². The maximum atomic E-state index is 12.8. The first-order chi connectivity index (χ1) is 11.2. The van der Waals surface area contributed by atoms with E-state index in [4.69, 9.17) is 0 Å². The van der Waals surface area contributed by atoms with Crippen molar-refractivity contribution in [3.05, 3.63) is 46.7 Å². The summed E-state index contributed by atoms with van der Waals surface area (Å²) in [4.78, 5) is 16.7. The molecule has 23 heavy (non-hydrogen) atoms. The van der Waals surface area contributed by atoms with E-state index < -0.39 is 0 Å². The largest absolute Gasteiger partial charge is 0.336 e. The summed E-state index contributed by atoms with van der Waals surface area (Å²) in [6, 6.07) is 9.04. The fourth-order valence-electron chi connectivity index (χ4n) is 4.03. The summed E-state index contributed by atoms with van der Waals surface area (Å²) in [7, 11) is 0. The molecular weight excluding hydrogens is 356 g/mol. The van der Waals surface area contributed by atoms with Crippen molar-refractivity contribution >= 4 is 21.8 Å². The third-order valence-electron chi connectivity index (χ3n) is 5.03. The van der Waals surface area contributed by atoms with Gasteiger partial charge < -0.3 is 4.90 Å². The summed E-state index contributed by atoms with van der Waals surface area (Å²) in [5.74, 6) is 0.256. The molecule has 2 unspecified atom stereocenters. The molecule has 120 valence electrons. The van der Waals surface area contributed by atoms with Crippen LogP contribution in [0.4, 0.5) is 0 Å². The van der Waals surface area contributed by atoms with Crippen LogP contribution in [-0.2, 0) is 11.2 Å². The molecule has 2 atom stereocenters. The van der Waals surface area contributed by atoms with E-state index >= 15 is 0 Å². The molecule has 4 rings (SSSR count). The lowest BCUT2D eigenvalue weighted by Crippen LogP contribution is -2.47. The van der Waals surface area contributed by atoms with Crippen molar-refractivity contribution in [3.63, 3.8) is 0 Å². The fraction of sp³-hybridized carbons (Fsp3) is 0.471. The first-order valence-electron chi connectivity index (χ1n) is 8.12. The van der Waals surface area contributed by atoms with Gasteiger partial charge in [0.05, 0.1) is 24.9 Å². The van der Waals surface area contributed by atoms with Crippen LogP contribution < -0.4 is 0 Å². The molecule has 5 nitrogen and oxygen atoms in total. The number of fused-ring (bicyclic) bond motifs is 2. The van der Waals surface area contributed by atoms with Gasteiger partial charge in [0.15, 0.2) is 0 Å². The minimum Gasteiger partial charge on any atom is -0.336 e. The Balaban J connectivity index is 1.46. The maximum absolute atomic E-state index is 12.8. The van der Waals surface area contributed by atoms with Crippen molar-refractivity contribution in [2.24, 2.45) is 0 Å². The number of halogens is 1. The highest BCUT2D eigenvalue weighted by molar-refractivity contribution is 9.10. The Hall–Kier alpha value is -1.69. The fourth-order valence-corrected chi connectivity index (χ4v) is 4.29. The molecule has 2 saturated heterocycles. The third kappa shape index (κ3) is 2.92. The van der Waals surface area contributed by atoms with Crippen molar-refractivity contribution in [3.8, 4) is 0 Å². The Morgan fingerprint density at radius 1 is 1.04 bits per heavy atom. The second kappa shape index (κ2) is 6.07. The second-order valence-corrected chi connectivity index (χ2v) is 7.38. The number of carbonyl (C=O) groups excluding carboxylic acids is 1. The molecular formula is C17H19BrN4O. The molecule has 0 spiro atoms. The molecule has 2 bridgehead atoms. The lowest BCUT2D eigenvalue weighted by Gasteiger charge is -2.38. The van der Waals surface area contributed by atoms with Crippen LogP contribution in [-0.4, -0.2) is 37.9 Å². The van der Waals surface area contributed by atoms with Crippen molar-refractivity contribution in [1.82, 2.24) is 19.9 Å². The van der Waals surface area contributed by atoms with Crippen LogP contribution in [0.5, 0.6) is 0 Å². The lowest BCUT2D eigenvalue weighted by atomic mass is 9.97. The standard InChI is InChI=1S/C17H19BrN4O/c18-13-3-1-12(2-4-13)9-17(23)21-14-5-6-15(21)11-16(10-14)22-19-7-8-20-22/h1-4,7-8,14-16H,5-6,9-11H2. The first kappa shape index (κ1) is 14.9. The number of hydrogen-bond donors (Lipinski definition) is 0. The molecule has 1 aromatic carbocycles. The molecule has 3 heterocycles. The molecule has 1 amide bonds.